The first-order chi connectivity index (χ1) is 12.4. The van der Waals surface area contributed by atoms with Crippen molar-refractivity contribution < 1.29 is 9.47 Å². The normalized spacial score (nSPS) is 24.1. The fourth-order valence-corrected chi connectivity index (χ4v) is 4.79. The van der Waals surface area contributed by atoms with Crippen molar-refractivity contribution >= 4 is 0 Å². The van der Waals surface area contributed by atoms with Crippen LogP contribution in [0.1, 0.15) is 94.4 Å². The van der Waals surface area contributed by atoms with Crippen molar-refractivity contribution in [1.82, 2.24) is 4.90 Å². The zero-order valence-corrected chi connectivity index (χ0v) is 20.1. The third-order valence-electron chi connectivity index (χ3n) is 6.78. The number of rotatable bonds is 13. The lowest BCUT2D eigenvalue weighted by molar-refractivity contribution is -0.148. The molecule has 0 N–H and O–H groups in total. The van der Waals surface area contributed by atoms with E-state index < -0.39 is 0 Å². The number of ether oxygens (including phenoxy) is 2. The molecule has 0 aromatic rings. The summed E-state index contributed by atoms with van der Waals surface area (Å²) in [6.45, 7) is 22.9. The van der Waals surface area contributed by atoms with Crippen molar-refractivity contribution in [2.75, 3.05) is 20.1 Å². The molecule has 1 aliphatic heterocycles. The van der Waals surface area contributed by atoms with Gasteiger partial charge in [0.15, 0.2) is 0 Å². The first kappa shape index (κ1) is 24.9. The van der Waals surface area contributed by atoms with E-state index in [2.05, 4.69) is 74.3 Å². The monoisotopic (exact) mass is 383 g/mol. The van der Waals surface area contributed by atoms with Gasteiger partial charge >= 0.3 is 0 Å². The molecule has 1 fully saturated rings. The molecule has 0 aromatic heterocycles. The van der Waals surface area contributed by atoms with Gasteiger partial charge in [-0.05, 0) is 77.7 Å². The highest BCUT2D eigenvalue weighted by molar-refractivity contribution is 4.86. The highest BCUT2D eigenvalue weighted by Gasteiger charge is 2.36. The number of likely N-dealkylation sites (N-methyl/N-ethyl adjacent to an activating group) is 1. The SMILES string of the molecule is CCC(C)(CC(C)CC(C)OC(C)(CC)C(C)CC(C)C)OC1CN(C)C1. The molecule has 162 valence electrons. The fraction of sp³-hybridized carbons (Fsp3) is 1.00. The second-order valence-corrected chi connectivity index (χ2v) is 10.4. The van der Waals surface area contributed by atoms with Crippen LogP contribution in [-0.4, -0.2) is 48.4 Å². The molecule has 0 aromatic carbocycles. The molecule has 0 aliphatic carbocycles. The quantitative estimate of drug-likeness (QED) is 0.380. The van der Waals surface area contributed by atoms with Crippen molar-refractivity contribution in [2.45, 2.75) is 118 Å². The lowest BCUT2D eigenvalue weighted by atomic mass is 9.82. The van der Waals surface area contributed by atoms with Crippen molar-refractivity contribution in [3.63, 3.8) is 0 Å². The van der Waals surface area contributed by atoms with Gasteiger partial charge in [-0.2, -0.15) is 0 Å². The summed E-state index contributed by atoms with van der Waals surface area (Å²) in [4.78, 5) is 2.32. The molecule has 1 aliphatic rings. The summed E-state index contributed by atoms with van der Waals surface area (Å²) in [6, 6.07) is 0. The van der Waals surface area contributed by atoms with E-state index in [1.165, 1.54) is 6.42 Å². The van der Waals surface area contributed by atoms with Crippen LogP contribution < -0.4 is 0 Å². The molecule has 3 nitrogen and oxygen atoms in total. The molecular weight excluding hydrogens is 334 g/mol. The van der Waals surface area contributed by atoms with Gasteiger partial charge in [0, 0.05) is 13.1 Å². The molecule has 0 radical (unpaired) electrons. The number of nitrogens with zero attached hydrogens (tertiary/aromatic N) is 1. The van der Waals surface area contributed by atoms with E-state index in [-0.39, 0.29) is 17.3 Å². The standard InChI is InChI=1S/C24H49NO2/c1-11-23(8,27-22-16-25(10)17-22)15-19(5)14-21(7)26-24(9,12-2)20(6)13-18(3)4/h18-22H,11-17H2,1-10H3. The number of hydrogen-bond acceptors (Lipinski definition) is 3. The van der Waals surface area contributed by atoms with Gasteiger partial charge in [-0.25, -0.2) is 0 Å². The van der Waals surface area contributed by atoms with Crippen LogP contribution in [0.4, 0.5) is 0 Å². The average molecular weight is 384 g/mol. The smallest absolute Gasteiger partial charge is 0.0835 e. The van der Waals surface area contributed by atoms with Crippen LogP contribution in [-0.2, 0) is 9.47 Å². The molecule has 0 amide bonds. The zero-order valence-electron chi connectivity index (χ0n) is 20.1. The van der Waals surface area contributed by atoms with E-state index in [4.69, 9.17) is 9.47 Å². The first-order valence-electron chi connectivity index (χ1n) is 11.5. The molecule has 5 atom stereocenters. The Morgan fingerprint density at radius 3 is 2.00 bits per heavy atom. The number of likely N-dealkylation sites (tertiary alicyclic amines) is 1. The minimum absolute atomic E-state index is 0.00986. The summed E-state index contributed by atoms with van der Waals surface area (Å²) in [5, 5.41) is 0. The van der Waals surface area contributed by atoms with Crippen LogP contribution >= 0.6 is 0 Å². The topological polar surface area (TPSA) is 21.7 Å². The van der Waals surface area contributed by atoms with Gasteiger partial charge in [0.25, 0.3) is 0 Å². The maximum Gasteiger partial charge on any atom is 0.0835 e. The molecule has 3 heteroatoms. The number of hydrogen-bond donors (Lipinski definition) is 0. The summed E-state index contributed by atoms with van der Waals surface area (Å²) >= 11 is 0. The van der Waals surface area contributed by atoms with Crippen LogP contribution in [0.15, 0.2) is 0 Å². The minimum Gasteiger partial charge on any atom is -0.372 e. The first-order valence-corrected chi connectivity index (χ1v) is 11.5. The Labute approximate surface area is 170 Å². The third-order valence-corrected chi connectivity index (χ3v) is 6.78. The summed E-state index contributed by atoms with van der Waals surface area (Å²) in [6.07, 6.45) is 6.30. The van der Waals surface area contributed by atoms with Crippen molar-refractivity contribution in [2.24, 2.45) is 17.8 Å². The summed E-state index contributed by atoms with van der Waals surface area (Å²) in [5.74, 6) is 1.90. The Bertz CT molecular complexity index is 421. The lowest BCUT2D eigenvalue weighted by Gasteiger charge is -2.43. The van der Waals surface area contributed by atoms with Gasteiger partial charge in [0.2, 0.25) is 0 Å². The molecule has 1 saturated heterocycles. The molecular formula is C24H49NO2. The van der Waals surface area contributed by atoms with E-state index in [1.54, 1.807) is 0 Å². The van der Waals surface area contributed by atoms with E-state index in [9.17, 15) is 0 Å². The molecule has 0 bridgehead atoms. The van der Waals surface area contributed by atoms with E-state index in [1.807, 2.05) is 0 Å². The summed E-state index contributed by atoms with van der Waals surface area (Å²) < 4.78 is 13.1. The summed E-state index contributed by atoms with van der Waals surface area (Å²) in [5.41, 5.74) is -0.0332. The van der Waals surface area contributed by atoms with Crippen molar-refractivity contribution in [3.05, 3.63) is 0 Å². The molecule has 5 unspecified atom stereocenters. The van der Waals surface area contributed by atoms with Gasteiger partial charge in [-0.1, -0.05) is 41.5 Å². The van der Waals surface area contributed by atoms with Gasteiger partial charge in [-0.3, -0.25) is 0 Å². The van der Waals surface area contributed by atoms with Crippen LogP contribution in [0.25, 0.3) is 0 Å². The van der Waals surface area contributed by atoms with Crippen LogP contribution in [0, 0.1) is 17.8 Å². The Kier molecular flexibility index (Phi) is 9.78. The third kappa shape index (κ3) is 8.03. The predicted octanol–water partition coefficient (Wildman–Crippen LogP) is 6.16. The Morgan fingerprint density at radius 1 is 0.963 bits per heavy atom. The Balaban J connectivity index is 2.54. The average Bonchev–Trinajstić information content (AvgIpc) is 2.52. The molecule has 1 rings (SSSR count). The highest BCUT2D eigenvalue weighted by Crippen LogP contribution is 2.34. The van der Waals surface area contributed by atoms with Crippen LogP contribution in [0.5, 0.6) is 0 Å². The van der Waals surface area contributed by atoms with E-state index in [0.29, 0.717) is 17.9 Å². The maximum absolute atomic E-state index is 6.65. The van der Waals surface area contributed by atoms with Gasteiger partial charge in [0.05, 0.1) is 23.4 Å². The lowest BCUT2D eigenvalue weighted by Crippen LogP contribution is -2.53. The van der Waals surface area contributed by atoms with Crippen molar-refractivity contribution in [1.29, 1.82) is 0 Å². The molecule has 0 saturated carbocycles. The van der Waals surface area contributed by atoms with Crippen molar-refractivity contribution in [3.8, 4) is 0 Å². The second-order valence-electron chi connectivity index (χ2n) is 10.4. The van der Waals surface area contributed by atoms with Gasteiger partial charge in [0.1, 0.15) is 0 Å². The van der Waals surface area contributed by atoms with E-state index >= 15 is 0 Å². The maximum atomic E-state index is 6.65. The summed E-state index contributed by atoms with van der Waals surface area (Å²) in [7, 11) is 2.16. The van der Waals surface area contributed by atoms with Crippen LogP contribution in [0.3, 0.4) is 0 Å². The fourth-order valence-electron chi connectivity index (χ4n) is 4.79. The van der Waals surface area contributed by atoms with Gasteiger partial charge in [-0.15, -0.1) is 0 Å². The molecule has 0 spiro atoms. The molecule has 1 heterocycles. The van der Waals surface area contributed by atoms with Gasteiger partial charge < -0.3 is 14.4 Å². The molecule has 27 heavy (non-hydrogen) atoms. The Morgan fingerprint density at radius 2 is 1.56 bits per heavy atom. The largest absolute Gasteiger partial charge is 0.372 e. The highest BCUT2D eigenvalue weighted by atomic mass is 16.5. The Hall–Kier alpha value is -0.120. The van der Waals surface area contributed by atoms with E-state index in [0.717, 1.165) is 44.7 Å². The predicted molar refractivity (Wildman–Crippen MR) is 117 cm³/mol. The second kappa shape index (κ2) is 10.6. The zero-order chi connectivity index (χ0) is 20.8. The van der Waals surface area contributed by atoms with Crippen LogP contribution in [0.2, 0.25) is 0 Å². The minimum atomic E-state index is -0.0233.